The molecule has 2 nitrogen and oxygen atoms in total. The molecule has 0 saturated carbocycles. The van der Waals surface area contributed by atoms with E-state index >= 15 is 0 Å². The zero-order valence-corrected chi connectivity index (χ0v) is 8.22. The first kappa shape index (κ1) is 9.65. The summed E-state index contributed by atoms with van der Waals surface area (Å²) in [5.74, 6) is -0.0231. The Morgan fingerprint density at radius 3 is 2.46 bits per heavy atom. The fourth-order valence-electron chi connectivity index (χ4n) is 1.16. The quantitative estimate of drug-likeness (QED) is 0.510. The highest BCUT2D eigenvalue weighted by Gasteiger charge is 2.09. The summed E-state index contributed by atoms with van der Waals surface area (Å²) in [6.45, 7) is 9.07. The molecular weight excluding hydrogens is 162 g/mol. The van der Waals surface area contributed by atoms with Crippen LogP contribution in [0.4, 0.5) is 0 Å². The molecule has 68 valence electrons. The lowest BCUT2D eigenvalue weighted by atomic mass is 10.0. The third-order valence-electron chi connectivity index (χ3n) is 1.86. The average molecular weight is 175 g/mol. The molecule has 0 saturated heterocycles. The number of hydrogen-bond donors (Lipinski definition) is 0. The molecule has 0 unspecified atom stereocenters. The molecule has 0 aliphatic carbocycles. The van der Waals surface area contributed by atoms with Crippen LogP contribution in [0.2, 0.25) is 0 Å². The fourth-order valence-corrected chi connectivity index (χ4v) is 1.16. The third kappa shape index (κ3) is 2.02. The second-order valence-electron chi connectivity index (χ2n) is 3.20. The normalized spacial score (nSPS) is 9.77. The number of pyridine rings is 1. The second kappa shape index (κ2) is 3.52. The molecule has 0 bridgehead atoms. The molecule has 0 aromatic carbocycles. The topological polar surface area (TPSA) is 30.0 Å². The van der Waals surface area contributed by atoms with E-state index in [4.69, 9.17) is 0 Å². The van der Waals surface area contributed by atoms with Gasteiger partial charge in [0, 0.05) is 17.0 Å². The molecule has 1 aromatic heterocycles. The minimum absolute atomic E-state index is 0.0231. The standard InChI is InChI=1S/C11H13NO/c1-7(2)11(13)10-6-5-8(3)12-9(10)4/h5-6H,1H2,2-4H3. The summed E-state index contributed by atoms with van der Waals surface area (Å²) >= 11 is 0. The lowest BCUT2D eigenvalue weighted by Gasteiger charge is -2.03. The summed E-state index contributed by atoms with van der Waals surface area (Å²) in [5, 5.41) is 0. The Morgan fingerprint density at radius 1 is 1.38 bits per heavy atom. The zero-order valence-electron chi connectivity index (χ0n) is 8.22. The average Bonchev–Trinajstić information content (AvgIpc) is 2.03. The number of nitrogens with zero attached hydrogens (tertiary/aromatic N) is 1. The van der Waals surface area contributed by atoms with Gasteiger partial charge in [-0.3, -0.25) is 9.78 Å². The molecule has 0 aliphatic rings. The zero-order chi connectivity index (χ0) is 10.0. The molecule has 1 rings (SSSR count). The maximum absolute atomic E-state index is 11.5. The Labute approximate surface area is 78.3 Å². The maximum atomic E-state index is 11.5. The van der Waals surface area contributed by atoms with Crippen LogP contribution >= 0.6 is 0 Å². The molecule has 13 heavy (non-hydrogen) atoms. The van der Waals surface area contributed by atoms with Gasteiger partial charge in [-0.25, -0.2) is 0 Å². The van der Waals surface area contributed by atoms with Gasteiger partial charge in [0.15, 0.2) is 5.78 Å². The molecule has 0 atom stereocenters. The van der Waals surface area contributed by atoms with Crippen LogP contribution in [0.5, 0.6) is 0 Å². The molecule has 1 aromatic rings. The number of carbonyl (C=O) groups is 1. The second-order valence-corrected chi connectivity index (χ2v) is 3.20. The summed E-state index contributed by atoms with van der Waals surface area (Å²) in [7, 11) is 0. The number of ketones is 1. The van der Waals surface area contributed by atoms with Gasteiger partial charge in [0.1, 0.15) is 0 Å². The summed E-state index contributed by atoms with van der Waals surface area (Å²) < 4.78 is 0. The van der Waals surface area contributed by atoms with Crippen molar-refractivity contribution in [2.24, 2.45) is 0 Å². The van der Waals surface area contributed by atoms with Crippen LogP contribution in [-0.2, 0) is 0 Å². The van der Waals surface area contributed by atoms with Gasteiger partial charge in [0.2, 0.25) is 0 Å². The Kier molecular flexibility index (Phi) is 2.61. The molecule has 0 spiro atoms. The number of rotatable bonds is 2. The van der Waals surface area contributed by atoms with Crippen LogP contribution in [0.15, 0.2) is 24.3 Å². The number of aryl methyl sites for hydroxylation is 2. The van der Waals surface area contributed by atoms with Gasteiger partial charge in [0.25, 0.3) is 0 Å². The van der Waals surface area contributed by atoms with Crippen LogP contribution in [-0.4, -0.2) is 10.8 Å². The van der Waals surface area contributed by atoms with Crippen molar-refractivity contribution in [3.63, 3.8) is 0 Å². The number of Topliss-reactive ketones (excluding diaryl/α,β-unsaturated/α-hetero) is 1. The van der Waals surface area contributed by atoms with E-state index in [1.807, 2.05) is 19.9 Å². The molecule has 2 heteroatoms. The number of hydrogen-bond acceptors (Lipinski definition) is 2. The van der Waals surface area contributed by atoms with E-state index in [1.165, 1.54) is 0 Å². The first-order valence-electron chi connectivity index (χ1n) is 4.17. The third-order valence-corrected chi connectivity index (χ3v) is 1.86. The highest BCUT2D eigenvalue weighted by atomic mass is 16.1. The van der Waals surface area contributed by atoms with E-state index < -0.39 is 0 Å². The summed E-state index contributed by atoms with van der Waals surface area (Å²) in [6.07, 6.45) is 0. The smallest absolute Gasteiger partial charge is 0.189 e. The fraction of sp³-hybridized carbons (Fsp3) is 0.273. The molecular formula is C11H13NO. The minimum atomic E-state index is -0.0231. The lowest BCUT2D eigenvalue weighted by Crippen LogP contribution is -2.04. The van der Waals surface area contributed by atoms with Gasteiger partial charge in [-0.1, -0.05) is 6.58 Å². The molecule has 0 N–H and O–H groups in total. The maximum Gasteiger partial charge on any atom is 0.189 e. The Bertz CT molecular complexity index is 366. The number of aromatic nitrogens is 1. The van der Waals surface area contributed by atoms with Gasteiger partial charge in [-0.2, -0.15) is 0 Å². The number of carbonyl (C=O) groups excluding carboxylic acids is 1. The van der Waals surface area contributed by atoms with Crippen molar-refractivity contribution in [3.8, 4) is 0 Å². The lowest BCUT2D eigenvalue weighted by molar-refractivity contribution is 0.103. The van der Waals surface area contributed by atoms with E-state index in [0.29, 0.717) is 11.1 Å². The molecule has 0 aliphatic heterocycles. The van der Waals surface area contributed by atoms with E-state index in [-0.39, 0.29) is 5.78 Å². The highest BCUT2D eigenvalue weighted by molar-refractivity contribution is 6.08. The van der Waals surface area contributed by atoms with Crippen LogP contribution in [0.25, 0.3) is 0 Å². The number of allylic oxidation sites excluding steroid dienone is 1. The Morgan fingerprint density at radius 2 is 2.00 bits per heavy atom. The molecule has 1 heterocycles. The van der Waals surface area contributed by atoms with E-state index in [2.05, 4.69) is 11.6 Å². The monoisotopic (exact) mass is 175 g/mol. The van der Waals surface area contributed by atoms with Gasteiger partial charge in [-0.15, -0.1) is 0 Å². The SMILES string of the molecule is C=C(C)C(=O)c1ccc(C)nc1C. The Balaban J connectivity index is 3.16. The van der Waals surface area contributed by atoms with E-state index in [1.54, 1.807) is 13.0 Å². The first-order valence-corrected chi connectivity index (χ1v) is 4.17. The van der Waals surface area contributed by atoms with Crippen LogP contribution < -0.4 is 0 Å². The van der Waals surface area contributed by atoms with Crippen LogP contribution in [0, 0.1) is 13.8 Å². The predicted molar refractivity (Wildman–Crippen MR) is 52.9 cm³/mol. The molecule has 0 fully saturated rings. The summed E-state index contributed by atoms with van der Waals surface area (Å²) in [5.41, 5.74) is 2.90. The van der Waals surface area contributed by atoms with Crippen molar-refractivity contribution in [2.75, 3.05) is 0 Å². The van der Waals surface area contributed by atoms with Crippen LogP contribution in [0.1, 0.15) is 28.7 Å². The van der Waals surface area contributed by atoms with Crippen molar-refractivity contribution in [1.82, 2.24) is 4.98 Å². The van der Waals surface area contributed by atoms with E-state index in [0.717, 1.165) is 11.4 Å². The molecule has 0 amide bonds. The van der Waals surface area contributed by atoms with Crippen molar-refractivity contribution in [2.45, 2.75) is 20.8 Å². The first-order chi connectivity index (χ1) is 6.02. The minimum Gasteiger partial charge on any atom is -0.289 e. The van der Waals surface area contributed by atoms with Gasteiger partial charge in [-0.05, 0) is 38.5 Å². The van der Waals surface area contributed by atoms with Crippen molar-refractivity contribution >= 4 is 5.78 Å². The van der Waals surface area contributed by atoms with Gasteiger partial charge in [0.05, 0.1) is 0 Å². The van der Waals surface area contributed by atoms with Gasteiger partial charge < -0.3 is 0 Å². The van der Waals surface area contributed by atoms with Crippen molar-refractivity contribution < 1.29 is 4.79 Å². The Hall–Kier alpha value is -1.44. The predicted octanol–water partition coefficient (Wildman–Crippen LogP) is 2.46. The van der Waals surface area contributed by atoms with E-state index in [9.17, 15) is 4.79 Å². The summed E-state index contributed by atoms with van der Waals surface area (Å²) in [6, 6.07) is 3.64. The van der Waals surface area contributed by atoms with Gasteiger partial charge >= 0.3 is 0 Å². The van der Waals surface area contributed by atoms with Crippen LogP contribution in [0.3, 0.4) is 0 Å². The van der Waals surface area contributed by atoms with Crippen molar-refractivity contribution in [1.29, 1.82) is 0 Å². The highest BCUT2D eigenvalue weighted by Crippen LogP contribution is 2.10. The molecule has 0 radical (unpaired) electrons. The largest absolute Gasteiger partial charge is 0.289 e. The van der Waals surface area contributed by atoms with Crippen molar-refractivity contribution in [3.05, 3.63) is 41.2 Å². The summed E-state index contributed by atoms with van der Waals surface area (Å²) in [4.78, 5) is 15.8.